The van der Waals surface area contributed by atoms with Crippen molar-refractivity contribution in [3.05, 3.63) is 34.9 Å². The molecule has 0 fully saturated rings. The molecule has 0 aliphatic carbocycles. The van der Waals surface area contributed by atoms with Gasteiger partial charge in [0.25, 0.3) is 0 Å². The number of aryl methyl sites for hydroxylation is 1. The normalized spacial score (nSPS) is 13.0. The average Bonchev–Trinajstić information content (AvgIpc) is 2.08. The van der Waals surface area contributed by atoms with Gasteiger partial charge in [0.05, 0.1) is 0 Å². The van der Waals surface area contributed by atoms with Crippen molar-refractivity contribution in [1.82, 2.24) is 0 Å². The molecule has 0 aliphatic heterocycles. The molecule has 1 rings (SSSR count). The van der Waals surface area contributed by atoms with Crippen LogP contribution >= 0.6 is 0 Å². The number of hydrogen-bond donors (Lipinski definition) is 1. The summed E-state index contributed by atoms with van der Waals surface area (Å²) in [6.45, 7) is 6.48. The maximum atomic E-state index is 9.00. The minimum absolute atomic E-state index is 0.226. The zero-order chi connectivity index (χ0) is 9.14. The van der Waals surface area contributed by atoms with E-state index in [1.54, 1.807) is 0 Å². The van der Waals surface area contributed by atoms with Crippen molar-refractivity contribution in [3.8, 4) is 0 Å². The van der Waals surface area contributed by atoms with Crippen molar-refractivity contribution in [1.29, 1.82) is 0 Å². The molecule has 0 spiro atoms. The molecule has 66 valence electrons. The van der Waals surface area contributed by atoms with Crippen LogP contribution in [0, 0.1) is 13.8 Å². The quantitative estimate of drug-likeness (QED) is 0.711. The van der Waals surface area contributed by atoms with Crippen LogP contribution in [0.3, 0.4) is 0 Å². The molecule has 0 amide bonds. The van der Waals surface area contributed by atoms with Crippen LogP contribution in [-0.4, -0.2) is 11.7 Å². The molecule has 0 unspecified atom stereocenters. The Balaban J connectivity index is 3.07. The Bertz CT molecular complexity index is 266. The van der Waals surface area contributed by atoms with Crippen LogP contribution < -0.4 is 0 Å². The highest BCUT2D eigenvalue weighted by Crippen LogP contribution is 2.20. The molecule has 12 heavy (non-hydrogen) atoms. The summed E-state index contributed by atoms with van der Waals surface area (Å²) in [7, 11) is 0. The molecule has 1 heteroatoms. The predicted octanol–water partition coefficient (Wildman–Crippen LogP) is 2.40. The first-order chi connectivity index (χ1) is 5.66. The van der Waals surface area contributed by atoms with Crippen LogP contribution in [0.4, 0.5) is 0 Å². The van der Waals surface area contributed by atoms with Crippen LogP contribution in [0.5, 0.6) is 0 Å². The molecule has 0 radical (unpaired) electrons. The molecule has 0 aliphatic rings. The minimum Gasteiger partial charge on any atom is -0.396 e. The average molecular weight is 164 g/mol. The van der Waals surface area contributed by atoms with Gasteiger partial charge in [-0.1, -0.05) is 25.1 Å². The highest BCUT2D eigenvalue weighted by Gasteiger charge is 2.07. The van der Waals surface area contributed by atoms with Gasteiger partial charge in [0.15, 0.2) is 0 Å². The first-order valence-corrected chi connectivity index (χ1v) is 4.33. The van der Waals surface area contributed by atoms with Gasteiger partial charge in [0, 0.05) is 12.5 Å². The van der Waals surface area contributed by atoms with E-state index >= 15 is 0 Å². The lowest BCUT2D eigenvalue weighted by atomic mass is 9.94. The van der Waals surface area contributed by atoms with Crippen molar-refractivity contribution >= 4 is 0 Å². The second-order valence-electron chi connectivity index (χ2n) is 3.37. The molecule has 0 saturated heterocycles. The topological polar surface area (TPSA) is 20.2 Å². The number of benzene rings is 1. The Morgan fingerprint density at radius 3 is 2.58 bits per heavy atom. The second-order valence-corrected chi connectivity index (χ2v) is 3.37. The summed E-state index contributed by atoms with van der Waals surface area (Å²) in [4.78, 5) is 0. The summed E-state index contributed by atoms with van der Waals surface area (Å²) in [6.07, 6.45) is 0. The minimum atomic E-state index is 0.226. The van der Waals surface area contributed by atoms with Crippen molar-refractivity contribution in [2.45, 2.75) is 26.7 Å². The summed E-state index contributed by atoms with van der Waals surface area (Å²) >= 11 is 0. The molecule has 1 nitrogen and oxygen atoms in total. The van der Waals surface area contributed by atoms with E-state index < -0.39 is 0 Å². The maximum absolute atomic E-state index is 9.00. The van der Waals surface area contributed by atoms with Crippen LogP contribution in [0.15, 0.2) is 18.2 Å². The first kappa shape index (κ1) is 9.27. The zero-order valence-corrected chi connectivity index (χ0v) is 7.96. The van der Waals surface area contributed by atoms with Gasteiger partial charge in [-0.05, 0) is 30.5 Å². The third kappa shape index (κ3) is 1.67. The third-order valence-corrected chi connectivity index (χ3v) is 2.45. The van der Waals surface area contributed by atoms with E-state index in [0.29, 0.717) is 0 Å². The molecule has 0 bridgehead atoms. The number of aliphatic hydroxyl groups is 1. The highest BCUT2D eigenvalue weighted by molar-refractivity contribution is 5.35. The van der Waals surface area contributed by atoms with Crippen molar-refractivity contribution < 1.29 is 5.11 Å². The predicted molar refractivity (Wildman–Crippen MR) is 51.4 cm³/mol. The number of rotatable bonds is 2. The lowest BCUT2D eigenvalue weighted by Gasteiger charge is -2.13. The summed E-state index contributed by atoms with van der Waals surface area (Å²) < 4.78 is 0. The van der Waals surface area contributed by atoms with E-state index in [1.165, 1.54) is 16.7 Å². The molecular weight excluding hydrogens is 148 g/mol. The van der Waals surface area contributed by atoms with Gasteiger partial charge in [-0.3, -0.25) is 0 Å². The van der Waals surface area contributed by atoms with Gasteiger partial charge in [0.1, 0.15) is 0 Å². The Hall–Kier alpha value is -0.820. The van der Waals surface area contributed by atoms with Crippen molar-refractivity contribution in [2.24, 2.45) is 0 Å². The monoisotopic (exact) mass is 164 g/mol. The van der Waals surface area contributed by atoms with Crippen LogP contribution in [0.25, 0.3) is 0 Å². The third-order valence-electron chi connectivity index (χ3n) is 2.45. The summed E-state index contributed by atoms with van der Waals surface area (Å²) in [6, 6.07) is 6.23. The lowest BCUT2D eigenvalue weighted by molar-refractivity contribution is 0.272. The summed E-state index contributed by atoms with van der Waals surface area (Å²) in [5.41, 5.74) is 3.87. The lowest BCUT2D eigenvalue weighted by Crippen LogP contribution is -2.02. The van der Waals surface area contributed by atoms with E-state index in [1.807, 2.05) is 13.0 Å². The van der Waals surface area contributed by atoms with Crippen molar-refractivity contribution in [2.75, 3.05) is 6.61 Å². The van der Waals surface area contributed by atoms with Crippen LogP contribution in [0.2, 0.25) is 0 Å². The molecule has 1 aromatic carbocycles. The fourth-order valence-corrected chi connectivity index (χ4v) is 1.41. The van der Waals surface area contributed by atoms with E-state index in [0.717, 1.165) is 0 Å². The Morgan fingerprint density at radius 2 is 2.00 bits per heavy atom. The zero-order valence-electron chi connectivity index (χ0n) is 7.96. The van der Waals surface area contributed by atoms with Gasteiger partial charge < -0.3 is 5.11 Å². The first-order valence-electron chi connectivity index (χ1n) is 4.33. The largest absolute Gasteiger partial charge is 0.396 e. The Morgan fingerprint density at radius 1 is 1.33 bits per heavy atom. The molecule has 0 aromatic heterocycles. The molecule has 1 N–H and O–H groups in total. The van der Waals surface area contributed by atoms with E-state index in [4.69, 9.17) is 5.11 Å². The fraction of sp³-hybridized carbons (Fsp3) is 0.455. The summed E-state index contributed by atoms with van der Waals surface area (Å²) in [5, 5.41) is 9.00. The molecular formula is C11H16O. The van der Waals surface area contributed by atoms with Crippen molar-refractivity contribution in [3.63, 3.8) is 0 Å². The SMILES string of the molecule is Cc1cccc([C@H](C)CO)c1C. The standard InChI is InChI=1S/C11H16O/c1-8-5-4-6-11(10(8)3)9(2)7-12/h4-6,9,12H,7H2,1-3H3/t9-/m1/s1. The summed E-state index contributed by atoms with van der Waals surface area (Å²) in [5.74, 6) is 0.255. The van der Waals surface area contributed by atoms with Gasteiger partial charge in [-0.15, -0.1) is 0 Å². The van der Waals surface area contributed by atoms with Gasteiger partial charge in [-0.2, -0.15) is 0 Å². The molecule has 0 saturated carbocycles. The Kier molecular flexibility index (Phi) is 2.88. The van der Waals surface area contributed by atoms with E-state index in [-0.39, 0.29) is 12.5 Å². The molecule has 1 atom stereocenters. The van der Waals surface area contributed by atoms with Gasteiger partial charge >= 0.3 is 0 Å². The van der Waals surface area contributed by atoms with E-state index in [2.05, 4.69) is 26.0 Å². The second kappa shape index (κ2) is 3.72. The van der Waals surface area contributed by atoms with Gasteiger partial charge in [-0.25, -0.2) is 0 Å². The molecule has 1 aromatic rings. The highest BCUT2D eigenvalue weighted by atomic mass is 16.3. The van der Waals surface area contributed by atoms with Crippen LogP contribution in [-0.2, 0) is 0 Å². The number of aliphatic hydroxyl groups excluding tert-OH is 1. The molecule has 0 heterocycles. The maximum Gasteiger partial charge on any atom is 0.0497 e. The van der Waals surface area contributed by atoms with E-state index in [9.17, 15) is 0 Å². The smallest absolute Gasteiger partial charge is 0.0497 e. The fourth-order valence-electron chi connectivity index (χ4n) is 1.41. The van der Waals surface area contributed by atoms with Crippen LogP contribution in [0.1, 0.15) is 29.5 Å². The number of hydrogen-bond acceptors (Lipinski definition) is 1. The Labute approximate surface area is 74.1 Å². The van der Waals surface area contributed by atoms with Gasteiger partial charge in [0.2, 0.25) is 0 Å².